The standard InChI is InChI=1S/C14H22N2O3/c1-4-16-14(17)10-15-8-7-11-5-6-12(18-2)13(9-11)19-3/h5-6,9,15H,4,7-8,10H2,1-3H3,(H,16,17). The summed E-state index contributed by atoms with van der Waals surface area (Å²) in [6.07, 6.45) is 0.833. The minimum absolute atomic E-state index is 0.0230. The number of ether oxygens (including phenoxy) is 2. The number of methoxy groups -OCH3 is 2. The second kappa shape index (κ2) is 8.37. The lowest BCUT2D eigenvalue weighted by Gasteiger charge is -2.10. The first-order valence-corrected chi connectivity index (χ1v) is 6.39. The topological polar surface area (TPSA) is 59.6 Å². The zero-order valence-corrected chi connectivity index (χ0v) is 11.8. The molecule has 0 aliphatic rings. The minimum atomic E-state index is 0.0230. The van der Waals surface area contributed by atoms with Gasteiger partial charge in [-0.15, -0.1) is 0 Å². The maximum Gasteiger partial charge on any atom is 0.233 e. The number of amides is 1. The van der Waals surface area contributed by atoms with Crippen molar-refractivity contribution in [2.75, 3.05) is 33.9 Å². The van der Waals surface area contributed by atoms with E-state index < -0.39 is 0 Å². The van der Waals surface area contributed by atoms with Gasteiger partial charge in [-0.05, 0) is 37.6 Å². The van der Waals surface area contributed by atoms with Crippen molar-refractivity contribution in [2.45, 2.75) is 13.3 Å². The van der Waals surface area contributed by atoms with Crippen molar-refractivity contribution in [3.63, 3.8) is 0 Å². The summed E-state index contributed by atoms with van der Waals surface area (Å²) < 4.78 is 10.4. The summed E-state index contributed by atoms with van der Waals surface area (Å²) in [6, 6.07) is 5.83. The smallest absolute Gasteiger partial charge is 0.233 e. The quantitative estimate of drug-likeness (QED) is 0.688. The summed E-state index contributed by atoms with van der Waals surface area (Å²) in [5.74, 6) is 1.47. The molecule has 0 aliphatic heterocycles. The van der Waals surface area contributed by atoms with E-state index in [9.17, 15) is 4.79 Å². The van der Waals surface area contributed by atoms with E-state index in [2.05, 4.69) is 10.6 Å². The molecule has 0 heterocycles. The van der Waals surface area contributed by atoms with Crippen LogP contribution in [-0.2, 0) is 11.2 Å². The maximum absolute atomic E-state index is 11.2. The summed E-state index contributed by atoms with van der Waals surface area (Å²) >= 11 is 0. The molecular weight excluding hydrogens is 244 g/mol. The summed E-state index contributed by atoms with van der Waals surface area (Å²) in [4.78, 5) is 11.2. The summed E-state index contributed by atoms with van der Waals surface area (Å²) in [6.45, 7) is 3.66. The van der Waals surface area contributed by atoms with Crippen LogP contribution in [0.1, 0.15) is 12.5 Å². The van der Waals surface area contributed by atoms with Gasteiger partial charge in [0.25, 0.3) is 0 Å². The van der Waals surface area contributed by atoms with E-state index >= 15 is 0 Å². The molecule has 0 bridgehead atoms. The van der Waals surface area contributed by atoms with Crippen molar-refractivity contribution in [3.05, 3.63) is 23.8 Å². The molecule has 0 radical (unpaired) electrons. The molecule has 5 heteroatoms. The average Bonchev–Trinajstić information content (AvgIpc) is 2.43. The van der Waals surface area contributed by atoms with Gasteiger partial charge < -0.3 is 20.1 Å². The highest BCUT2D eigenvalue weighted by Gasteiger charge is 2.04. The van der Waals surface area contributed by atoms with Gasteiger partial charge in [0, 0.05) is 6.54 Å². The van der Waals surface area contributed by atoms with Crippen molar-refractivity contribution in [1.82, 2.24) is 10.6 Å². The predicted octanol–water partition coefficient (Wildman–Crippen LogP) is 0.972. The fraction of sp³-hybridized carbons (Fsp3) is 0.500. The lowest BCUT2D eigenvalue weighted by Crippen LogP contribution is -2.34. The second-order valence-electron chi connectivity index (χ2n) is 4.07. The zero-order chi connectivity index (χ0) is 14.1. The van der Waals surface area contributed by atoms with Crippen molar-refractivity contribution in [3.8, 4) is 11.5 Å². The Bertz CT molecular complexity index is 408. The van der Waals surface area contributed by atoms with E-state index in [1.165, 1.54) is 0 Å². The molecule has 0 spiro atoms. The fourth-order valence-electron chi connectivity index (χ4n) is 1.73. The summed E-state index contributed by atoms with van der Waals surface area (Å²) in [5, 5.41) is 5.84. The van der Waals surface area contributed by atoms with Crippen LogP contribution in [0.15, 0.2) is 18.2 Å². The van der Waals surface area contributed by atoms with E-state index in [0.29, 0.717) is 13.1 Å². The second-order valence-corrected chi connectivity index (χ2v) is 4.07. The molecule has 1 aromatic rings. The van der Waals surface area contributed by atoms with Gasteiger partial charge >= 0.3 is 0 Å². The number of benzene rings is 1. The number of carbonyl (C=O) groups is 1. The van der Waals surface area contributed by atoms with E-state index in [0.717, 1.165) is 30.0 Å². The molecule has 0 fully saturated rings. The highest BCUT2D eigenvalue weighted by Crippen LogP contribution is 2.27. The zero-order valence-electron chi connectivity index (χ0n) is 11.8. The Morgan fingerprint density at radius 3 is 2.58 bits per heavy atom. The Labute approximate surface area is 114 Å². The molecule has 106 valence electrons. The number of hydrogen-bond donors (Lipinski definition) is 2. The fourth-order valence-corrected chi connectivity index (χ4v) is 1.73. The molecule has 0 aromatic heterocycles. The SMILES string of the molecule is CCNC(=O)CNCCc1ccc(OC)c(OC)c1. The minimum Gasteiger partial charge on any atom is -0.493 e. The van der Waals surface area contributed by atoms with Crippen molar-refractivity contribution in [1.29, 1.82) is 0 Å². The van der Waals surface area contributed by atoms with Crippen molar-refractivity contribution >= 4 is 5.91 Å². The third-order valence-electron chi connectivity index (χ3n) is 2.70. The number of hydrogen-bond acceptors (Lipinski definition) is 4. The Hall–Kier alpha value is -1.75. The highest BCUT2D eigenvalue weighted by molar-refractivity contribution is 5.77. The van der Waals surface area contributed by atoms with Crippen LogP contribution < -0.4 is 20.1 Å². The third kappa shape index (κ3) is 5.18. The van der Waals surface area contributed by atoms with Crippen LogP contribution in [0.2, 0.25) is 0 Å². The van der Waals surface area contributed by atoms with Gasteiger partial charge in [-0.25, -0.2) is 0 Å². The van der Waals surface area contributed by atoms with Gasteiger partial charge in [-0.2, -0.15) is 0 Å². The van der Waals surface area contributed by atoms with Crippen molar-refractivity contribution < 1.29 is 14.3 Å². The maximum atomic E-state index is 11.2. The van der Waals surface area contributed by atoms with Gasteiger partial charge in [0.1, 0.15) is 0 Å². The monoisotopic (exact) mass is 266 g/mol. The summed E-state index contributed by atoms with van der Waals surface area (Å²) in [7, 11) is 3.24. The Morgan fingerprint density at radius 1 is 1.21 bits per heavy atom. The molecule has 0 aliphatic carbocycles. The van der Waals surface area contributed by atoms with Gasteiger partial charge in [0.2, 0.25) is 5.91 Å². The van der Waals surface area contributed by atoms with Gasteiger partial charge in [-0.3, -0.25) is 4.79 Å². The summed E-state index contributed by atoms with van der Waals surface area (Å²) in [5.41, 5.74) is 1.14. The normalized spacial score (nSPS) is 10.1. The van der Waals surface area contributed by atoms with Gasteiger partial charge in [0.15, 0.2) is 11.5 Å². The van der Waals surface area contributed by atoms with Crippen molar-refractivity contribution in [2.24, 2.45) is 0 Å². The Kier molecular flexibility index (Phi) is 6.74. The first-order chi connectivity index (χ1) is 9.21. The first kappa shape index (κ1) is 15.3. The number of nitrogens with one attached hydrogen (secondary N) is 2. The Balaban J connectivity index is 2.39. The lowest BCUT2D eigenvalue weighted by molar-refractivity contribution is -0.120. The molecule has 0 atom stereocenters. The average molecular weight is 266 g/mol. The number of carbonyl (C=O) groups excluding carboxylic acids is 1. The molecule has 0 unspecified atom stereocenters. The molecule has 0 saturated carbocycles. The van der Waals surface area contributed by atoms with Crippen LogP contribution in [0.4, 0.5) is 0 Å². The van der Waals surface area contributed by atoms with Crippen LogP contribution in [0.5, 0.6) is 11.5 Å². The van der Waals surface area contributed by atoms with Crippen LogP contribution in [0.3, 0.4) is 0 Å². The largest absolute Gasteiger partial charge is 0.493 e. The molecular formula is C14H22N2O3. The number of rotatable bonds is 8. The van der Waals surface area contributed by atoms with Crippen LogP contribution >= 0.6 is 0 Å². The van der Waals surface area contributed by atoms with Crippen LogP contribution in [-0.4, -0.2) is 39.8 Å². The molecule has 5 nitrogen and oxygen atoms in total. The number of likely N-dealkylation sites (N-methyl/N-ethyl adjacent to an activating group) is 1. The molecule has 1 aromatic carbocycles. The van der Waals surface area contributed by atoms with Gasteiger partial charge in [0.05, 0.1) is 20.8 Å². The predicted molar refractivity (Wildman–Crippen MR) is 74.8 cm³/mol. The Morgan fingerprint density at radius 2 is 1.95 bits per heavy atom. The molecule has 2 N–H and O–H groups in total. The highest BCUT2D eigenvalue weighted by atomic mass is 16.5. The van der Waals surface area contributed by atoms with E-state index in [1.807, 2.05) is 25.1 Å². The third-order valence-corrected chi connectivity index (χ3v) is 2.70. The van der Waals surface area contributed by atoms with E-state index in [-0.39, 0.29) is 5.91 Å². The van der Waals surface area contributed by atoms with E-state index in [4.69, 9.17) is 9.47 Å². The first-order valence-electron chi connectivity index (χ1n) is 6.39. The van der Waals surface area contributed by atoms with Gasteiger partial charge in [-0.1, -0.05) is 6.07 Å². The van der Waals surface area contributed by atoms with E-state index in [1.54, 1.807) is 14.2 Å². The van der Waals surface area contributed by atoms with Crippen LogP contribution in [0.25, 0.3) is 0 Å². The molecule has 1 amide bonds. The molecule has 0 saturated heterocycles. The molecule has 1 rings (SSSR count). The lowest BCUT2D eigenvalue weighted by atomic mass is 10.1. The molecule has 19 heavy (non-hydrogen) atoms. The van der Waals surface area contributed by atoms with Crippen LogP contribution in [0, 0.1) is 0 Å².